The zero-order chi connectivity index (χ0) is 13.9. The Morgan fingerprint density at radius 2 is 2.05 bits per heavy atom. The van der Waals surface area contributed by atoms with Crippen LogP contribution in [0.15, 0.2) is 12.1 Å². The molecule has 0 spiro atoms. The summed E-state index contributed by atoms with van der Waals surface area (Å²) < 4.78 is 18.8. The lowest BCUT2D eigenvalue weighted by Gasteiger charge is -2.32. The fraction of sp³-hybridized carbons (Fsp3) is 0.571. The standard InChI is InChI=1S/C14H21FN2O2/c1-19-13-8-12(10(15)7-11(13)16)17-9-14(18)5-3-2-4-6-14/h7-8,17-18H,2-6,9,16H2,1H3. The molecule has 1 aliphatic rings. The van der Waals surface area contributed by atoms with Gasteiger partial charge in [0.2, 0.25) is 0 Å². The van der Waals surface area contributed by atoms with Crippen molar-refractivity contribution in [1.82, 2.24) is 0 Å². The van der Waals surface area contributed by atoms with Crippen LogP contribution in [0.2, 0.25) is 0 Å². The average Bonchev–Trinajstić information content (AvgIpc) is 2.39. The van der Waals surface area contributed by atoms with E-state index in [1.54, 1.807) is 0 Å². The van der Waals surface area contributed by atoms with Crippen LogP contribution in [0, 0.1) is 5.82 Å². The van der Waals surface area contributed by atoms with E-state index in [0.29, 0.717) is 18.0 Å². The van der Waals surface area contributed by atoms with Crippen molar-refractivity contribution < 1.29 is 14.2 Å². The van der Waals surface area contributed by atoms with E-state index in [0.717, 1.165) is 32.1 Å². The van der Waals surface area contributed by atoms with E-state index in [1.807, 2.05) is 0 Å². The van der Waals surface area contributed by atoms with Gasteiger partial charge in [0.25, 0.3) is 0 Å². The van der Waals surface area contributed by atoms with Crippen LogP contribution in [-0.2, 0) is 0 Å². The number of methoxy groups -OCH3 is 1. The highest BCUT2D eigenvalue weighted by atomic mass is 19.1. The van der Waals surface area contributed by atoms with Crippen LogP contribution in [0.5, 0.6) is 5.75 Å². The fourth-order valence-electron chi connectivity index (χ4n) is 2.53. The number of nitrogens with two attached hydrogens (primary N) is 1. The Hall–Kier alpha value is -1.49. The predicted molar refractivity (Wildman–Crippen MR) is 73.9 cm³/mol. The molecule has 4 nitrogen and oxygen atoms in total. The van der Waals surface area contributed by atoms with E-state index < -0.39 is 11.4 Å². The molecule has 0 aliphatic heterocycles. The van der Waals surface area contributed by atoms with Crippen LogP contribution in [0.25, 0.3) is 0 Å². The molecule has 0 heterocycles. The Morgan fingerprint density at radius 1 is 1.37 bits per heavy atom. The van der Waals surface area contributed by atoms with Crippen LogP contribution in [0.4, 0.5) is 15.8 Å². The van der Waals surface area contributed by atoms with E-state index in [9.17, 15) is 9.50 Å². The monoisotopic (exact) mass is 268 g/mol. The van der Waals surface area contributed by atoms with Crippen molar-refractivity contribution in [1.29, 1.82) is 0 Å². The Labute approximate surface area is 112 Å². The molecule has 0 atom stereocenters. The lowest BCUT2D eigenvalue weighted by molar-refractivity contribution is 0.0167. The van der Waals surface area contributed by atoms with E-state index in [4.69, 9.17) is 10.5 Å². The first kappa shape index (κ1) is 13.9. The van der Waals surface area contributed by atoms with Gasteiger partial charge in [-0.1, -0.05) is 19.3 Å². The summed E-state index contributed by atoms with van der Waals surface area (Å²) in [5.74, 6) is -0.00255. The molecule has 1 saturated carbocycles. The first-order valence-corrected chi connectivity index (χ1v) is 6.63. The van der Waals surface area contributed by atoms with Gasteiger partial charge >= 0.3 is 0 Å². The largest absolute Gasteiger partial charge is 0.495 e. The first-order valence-electron chi connectivity index (χ1n) is 6.63. The molecule has 106 valence electrons. The third-order valence-corrected chi connectivity index (χ3v) is 3.71. The SMILES string of the molecule is COc1cc(NCC2(O)CCCCC2)c(F)cc1N. The second-order valence-corrected chi connectivity index (χ2v) is 5.21. The zero-order valence-electron chi connectivity index (χ0n) is 11.2. The van der Waals surface area contributed by atoms with Crippen LogP contribution >= 0.6 is 0 Å². The number of benzene rings is 1. The Kier molecular flexibility index (Phi) is 4.14. The molecular weight excluding hydrogens is 247 g/mol. The summed E-state index contributed by atoms with van der Waals surface area (Å²) in [5, 5.41) is 13.3. The lowest BCUT2D eigenvalue weighted by Crippen LogP contribution is -2.38. The highest BCUT2D eigenvalue weighted by molar-refractivity contribution is 5.62. The molecule has 19 heavy (non-hydrogen) atoms. The van der Waals surface area contributed by atoms with Crippen LogP contribution in [0.3, 0.4) is 0 Å². The number of halogens is 1. The van der Waals surface area contributed by atoms with Gasteiger partial charge in [-0.05, 0) is 12.8 Å². The third kappa shape index (κ3) is 3.29. The summed E-state index contributed by atoms with van der Waals surface area (Å²) in [4.78, 5) is 0. The van der Waals surface area contributed by atoms with E-state index in [-0.39, 0.29) is 5.69 Å². The number of hydrogen-bond acceptors (Lipinski definition) is 4. The number of anilines is 2. The second kappa shape index (κ2) is 5.65. The van der Waals surface area contributed by atoms with Gasteiger partial charge in [0.1, 0.15) is 11.6 Å². The maximum atomic E-state index is 13.8. The number of aliphatic hydroxyl groups is 1. The highest BCUT2D eigenvalue weighted by Crippen LogP contribution is 2.31. The van der Waals surface area contributed by atoms with Crippen LogP contribution in [0.1, 0.15) is 32.1 Å². The van der Waals surface area contributed by atoms with E-state index in [1.165, 1.54) is 19.2 Å². The summed E-state index contributed by atoms with van der Waals surface area (Å²) in [6.45, 7) is 0.344. The molecule has 5 heteroatoms. The number of rotatable bonds is 4. The van der Waals surface area contributed by atoms with Gasteiger partial charge in [-0.15, -0.1) is 0 Å². The van der Waals surface area contributed by atoms with Crippen molar-refractivity contribution in [2.45, 2.75) is 37.7 Å². The maximum absolute atomic E-state index is 13.8. The predicted octanol–water partition coefficient (Wildman–Crippen LogP) is 2.52. The van der Waals surface area contributed by atoms with Crippen LogP contribution < -0.4 is 15.8 Å². The van der Waals surface area contributed by atoms with Gasteiger partial charge in [-0.2, -0.15) is 0 Å². The maximum Gasteiger partial charge on any atom is 0.148 e. The molecule has 4 N–H and O–H groups in total. The molecule has 0 amide bonds. The van der Waals surface area contributed by atoms with Crippen molar-refractivity contribution in [2.24, 2.45) is 0 Å². The Morgan fingerprint density at radius 3 is 2.68 bits per heavy atom. The van der Waals surface area contributed by atoms with Gasteiger partial charge in [0.05, 0.1) is 24.1 Å². The third-order valence-electron chi connectivity index (χ3n) is 3.71. The lowest BCUT2D eigenvalue weighted by atomic mass is 9.85. The van der Waals surface area contributed by atoms with E-state index in [2.05, 4.69) is 5.32 Å². The summed E-state index contributed by atoms with van der Waals surface area (Å²) in [6, 6.07) is 2.75. The minimum Gasteiger partial charge on any atom is -0.495 e. The quantitative estimate of drug-likeness (QED) is 0.734. The summed E-state index contributed by atoms with van der Waals surface area (Å²) in [7, 11) is 1.49. The van der Waals surface area contributed by atoms with Gasteiger partial charge in [0, 0.05) is 18.7 Å². The number of nitrogen functional groups attached to an aromatic ring is 1. The number of ether oxygens (including phenoxy) is 1. The summed E-state index contributed by atoms with van der Waals surface area (Å²) >= 11 is 0. The molecule has 1 aromatic carbocycles. The molecule has 1 aliphatic carbocycles. The fourth-order valence-corrected chi connectivity index (χ4v) is 2.53. The molecule has 0 radical (unpaired) electrons. The topological polar surface area (TPSA) is 67.5 Å². The average molecular weight is 268 g/mol. The van der Waals surface area contributed by atoms with Gasteiger partial charge in [-0.3, -0.25) is 0 Å². The van der Waals surface area contributed by atoms with Crippen molar-refractivity contribution in [3.05, 3.63) is 17.9 Å². The molecule has 0 saturated heterocycles. The van der Waals surface area contributed by atoms with E-state index >= 15 is 0 Å². The Bertz CT molecular complexity index is 445. The molecule has 2 rings (SSSR count). The Balaban J connectivity index is 2.06. The molecule has 0 aromatic heterocycles. The minimum atomic E-state index is -0.737. The molecule has 0 unspecified atom stereocenters. The van der Waals surface area contributed by atoms with Gasteiger partial charge in [-0.25, -0.2) is 4.39 Å². The second-order valence-electron chi connectivity index (χ2n) is 5.21. The minimum absolute atomic E-state index is 0.266. The summed E-state index contributed by atoms with van der Waals surface area (Å²) in [6.07, 6.45) is 4.71. The van der Waals surface area contributed by atoms with Gasteiger partial charge < -0.3 is 20.9 Å². The van der Waals surface area contributed by atoms with Crippen molar-refractivity contribution in [3.63, 3.8) is 0 Å². The molecule has 1 aromatic rings. The highest BCUT2D eigenvalue weighted by Gasteiger charge is 2.29. The first-order chi connectivity index (χ1) is 9.04. The molecule has 0 bridgehead atoms. The smallest absolute Gasteiger partial charge is 0.148 e. The van der Waals surface area contributed by atoms with Crippen molar-refractivity contribution in [2.75, 3.05) is 24.7 Å². The summed E-state index contributed by atoms with van der Waals surface area (Å²) in [5.41, 5.74) is 5.46. The zero-order valence-corrected chi connectivity index (χ0v) is 11.2. The molecular formula is C14H21FN2O2. The normalized spacial score (nSPS) is 18.1. The van der Waals surface area contributed by atoms with Crippen molar-refractivity contribution in [3.8, 4) is 5.75 Å². The number of hydrogen-bond donors (Lipinski definition) is 3. The van der Waals surface area contributed by atoms with Crippen molar-refractivity contribution >= 4 is 11.4 Å². The van der Waals surface area contributed by atoms with Crippen LogP contribution in [-0.4, -0.2) is 24.4 Å². The molecule has 1 fully saturated rings. The number of nitrogens with one attached hydrogen (secondary N) is 1. The van der Waals surface area contributed by atoms with Gasteiger partial charge in [0.15, 0.2) is 0 Å².